The molecule has 76 valence electrons. The van der Waals surface area contributed by atoms with Crippen molar-refractivity contribution in [3.8, 4) is 5.75 Å². The third-order valence-electron chi connectivity index (χ3n) is 2.32. The minimum absolute atomic E-state index is 0.443. The molecule has 1 unspecified atom stereocenters. The first-order valence-corrected chi connectivity index (χ1v) is 4.87. The highest BCUT2D eigenvalue weighted by Crippen LogP contribution is 2.32. The van der Waals surface area contributed by atoms with Gasteiger partial charge >= 0.3 is 5.97 Å². The first-order valence-electron chi connectivity index (χ1n) is 4.87. The maximum atomic E-state index is 9.87. The topological polar surface area (TPSA) is 38.7 Å². The van der Waals surface area contributed by atoms with E-state index in [-0.39, 0.29) is 0 Å². The summed E-state index contributed by atoms with van der Waals surface area (Å²) in [6, 6.07) is 7.70. The molecule has 0 aliphatic carbocycles. The summed E-state index contributed by atoms with van der Waals surface area (Å²) in [7, 11) is 0. The van der Waals surface area contributed by atoms with Crippen molar-refractivity contribution in [2.45, 2.75) is 25.7 Å². The van der Waals surface area contributed by atoms with Gasteiger partial charge in [-0.2, -0.15) is 0 Å². The number of fused-ring (bicyclic) bond motifs is 1. The average Bonchev–Trinajstić information content (AvgIpc) is 2.17. The van der Waals surface area contributed by atoms with E-state index in [1.54, 1.807) is 0 Å². The van der Waals surface area contributed by atoms with E-state index in [0.717, 1.165) is 17.7 Å². The summed E-state index contributed by atoms with van der Waals surface area (Å²) in [6.07, 6.45) is 1.27. The SMILES string of the molecule is CCOC1(O)CCc2ccccc2O1. The summed E-state index contributed by atoms with van der Waals surface area (Å²) in [6.45, 7) is 2.28. The average molecular weight is 194 g/mol. The van der Waals surface area contributed by atoms with Crippen LogP contribution in [-0.4, -0.2) is 17.7 Å². The minimum Gasteiger partial charge on any atom is -0.439 e. The number of aliphatic hydroxyl groups is 1. The molecule has 1 heterocycles. The zero-order valence-electron chi connectivity index (χ0n) is 8.19. The van der Waals surface area contributed by atoms with Crippen LogP contribution in [0.4, 0.5) is 0 Å². The van der Waals surface area contributed by atoms with Crippen molar-refractivity contribution < 1.29 is 14.6 Å². The normalized spacial score (nSPS) is 25.3. The van der Waals surface area contributed by atoms with Crippen LogP contribution in [0.15, 0.2) is 24.3 Å². The summed E-state index contributed by atoms with van der Waals surface area (Å²) in [5.74, 6) is -0.710. The molecule has 0 bridgehead atoms. The second-order valence-corrected chi connectivity index (χ2v) is 3.36. The molecule has 1 aromatic carbocycles. The Labute approximate surface area is 83.3 Å². The van der Waals surface area contributed by atoms with Gasteiger partial charge in [-0.3, -0.25) is 0 Å². The lowest BCUT2D eigenvalue weighted by Gasteiger charge is -2.32. The van der Waals surface area contributed by atoms with Gasteiger partial charge in [-0.1, -0.05) is 18.2 Å². The van der Waals surface area contributed by atoms with Crippen molar-refractivity contribution in [3.63, 3.8) is 0 Å². The van der Waals surface area contributed by atoms with Gasteiger partial charge in [0.1, 0.15) is 5.75 Å². The molecular weight excluding hydrogens is 180 g/mol. The van der Waals surface area contributed by atoms with E-state index in [9.17, 15) is 5.11 Å². The lowest BCUT2D eigenvalue weighted by atomic mass is 10.1. The third kappa shape index (κ3) is 1.74. The Hall–Kier alpha value is -1.06. The number of hydrogen-bond acceptors (Lipinski definition) is 3. The predicted octanol–water partition coefficient (Wildman–Crippen LogP) is 1.69. The van der Waals surface area contributed by atoms with Gasteiger partial charge < -0.3 is 14.6 Å². The van der Waals surface area contributed by atoms with Crippen LogP contribution >= 0.6 is 0 Å². The van der Waals surface area contributed by atoms with Crippen LogP contribution < -0.4 is 4.74 Å². The van der Waals surface area contributed by atoms with Crippen molar-refractivity contribution in [1.82, 2.24) is 0 Å². The largest absolute Gasteiger partial charge is 0.439 e. The van der Waals surface area contributed by atoms with Gasteiger partial charge in [0.05, 0.1) is 6.61 Å². The molecule has 0 amide bonds. The van der Waals surface area contributed by atoms with Crippen molar-refractivity contribution >= 4 is 0 Å². The number of rotatable bonds is 2. The van der Waals surface area contributed by atoms with E-state index < -0.39 is 5.97 Å². The van der Waals surface area contributed by atoms with Gasteiger partial charge in [-0.15, -0.1) is 0 Å². The molecule has 0 radical (unpaired) electrons. The standard InChI is InChI=1S/C11H14O3/c1-2-13-11(12)8-7-9-5-3-4-6-10(9)14-11/h3-6,12H,2,7-8H2,1H3. The van der Waals surface area contributed by atoms with Crippen molar-refractivity contribution in [3.05, 3.63) is 29.8 Å². The highest BCUT2D eigenvalue weighted by molar-refractivity contribution is 5.35. The number of ether oxygens (including phenoxy) is 2. The van der Waals surface area contributed by atoms with Crippen LogP contribution in [0.2, 0.25) is 0 Å². The Morgan fingerprint density at radius 3 is 3.07 bits per heavy atom. The first kappa shape index (κ1) is 9.49. The highest BCUT2D eigenvalue weighted by Gasteiger charge is 2.34. The van der Waals surface area contributed by atoms with Gasteiger partial charge in [0, 0.05) is 6.42 Å². The number of hydrogen-bond donors (Lipinski definition) is 1. The fourth-order valence-corrected chi connectivity index (χ4v) is 1.65. The fourth-order valence-electron chi connectivity index (χ4n) is 1.65. The smallest absolute Gasteiger partial charge is 0.324 e. The Bertz CT molecular complexity index is 324. The molecule has 1 aliphatic heterocycles. The summed E-state index contributed by atoms with van der Waals surface area (Å²) in [5.41, 5.74) is 1.12. The summed E-state index contributed by atoms with van der Waals surface area (Å²) < 4.78 is 10.6. The molecular formula is C11H14O3. The Balaban J connectivity index is 2.20. The molecule has 0 saturated heterocycles. The fraction of sp³-hybridized carbons (Fsp3) is 0.455. The second kappa shape index (κ2) is 3.59. The van der Waals surface area contributed by atoms with Gasteiger partial charge in [-0.25, -0.2) is 0 Å². The molecule has 0 spiro atoms. The monoisotopic (exact) mass is 194 g/mol. The van der Waals surface area contributed by atoms with Crippen molar-refractivity contribution in [1.29, 1.82) is 0 Å². The molecule has 0 aromatic heterocycles. The zero-order valence-corrected chi connectivity index (χ0v) is 8.19. The van der Waals surface area contributed by atoms with Crippen LogP contribution in [0.5, 0.6) is 5.75 Å². The molecule has 3 heteroatoms. The van der Waals surface area contributed by atoms with E-state index in [0.29, 0.717) is 13.0 Å². The van der Waals surface area contributed by atoms with E-state index in [2.05, 4.69) is 0 Å². The molecule has 0 saturated carbocycles. The second-order valence-electron chi connectivity index (χ2n) is 3.36. The van der Waals surface area contributed by atoms with Crippen molar-refractivity contribution in [2.75, 3.05) is 6.61 Å². The number of para-hydroxylation sites is 1. The molecule has 1 N–H and O–H groups in total. The molecule has 3 nitrogen and oxygen atoms in total. The lowest BCUT2D eigenvalue weighted by Crippen LogP contribution is -2.42. The number of benzene rings is 1. The van der Waals surface area contributed by atoms with Crippen LogP contribution in [0.3, 0.4) is 0 Å². The quantitative estimate of drug-likeness (QED) is 0.728. The first-order chi connectivity index (χ1) is 6.73. The van der Waals surface area contributed by atoms with Crippen LogP contribution in [0, 0.1) is 0 Å². The summed E-state index contributed by atoms with van der Waals surface area (Å²) in [4.78, 5) is 0. The molecule has 2 rings (SSSR count). The van der Waals surface area contributed by atoms with Gasteiger partial charge in [0.25, 0.3) is 0 Å². The Kier molecular flexibility index (Phi) is 2.44. The Morgan fingerprint density at radius 1 is 1.50 bits per heavy atom. The van der Waals surface area contributed by atoms with E-state index in [1.165, 1.54) is 0 Å². The zero-order chi connectivity index (χ0) is 10.0. The maximum absolute atomic E-state index is 9.87. The van der Waals surface area contributed by atoms with E-state index >= 15 is 0 Å². The minimum atomic E-state index is -1.43. The molecule has 1 atom stereocenters. The highest BCUT2D eigenvalue weighted by atomic mass is 16.8. The molecule has 0 fully saturated rings. The molecule has 1 aromatic rings. The predicted molar refractivity (Wildman–Crippen MR) is 52.0 cm³/mol. The Morgan fingerprint density at radius 2 is 2.29 bits per heavy atom. The summed E-state index contributed by atoms with van der Waals surface area (Å²) >= 11 is 0. The van der Waals surface area contributed by atoms with Crippen LogP contribution in [-0.2, 0) is 11.2 Å². The van der Waals surface area contributed by atoms with Gasteiger partial charge in [0.15, 0.2) is 0 Å². The van der Waals surface area contributed by atoms with E-state index in [4.69, 9.17) is 9.47 Å². The number of aryl methyl sites for hydroxylation is 1. The van der Waals surface area contributed by atoms with Crippen LogP contribution in [0.1, 0.15) is 18.9 Å². The van der Waals surface area contributed by atoms with Gasteiger partial charge in [0.2, 0.25) is 0 Å². The molecule has 1 aliphatic rings. The van der Waals surface area contributed by atoms with Gasteiger partial charge in [-0.05, 0) is 25.0 Å². The molecule has 14 heavy (non-hydrogen) atoms. The van der Waals surface area contributed by atoms with Crippen LogP contribution in [0.25, 0.3) is 0 Å². The van der Waals surface area contributed by atoms with E-state index in [1.807, 2.05) is 31.2 Å². The maximum Gasteiger partial charge on any atom is 0.324 e. The lowest BCUT2D eigenvalue weighted by molar-refractivity contribution is -0.325. The summed E-state index contributed by atoms with van der Waals surface area (Å²) in [5, 5.41) is 9.87. The third-order valence-corrected chi connectivity index (χ3v) is 2.32. The van der Waals surface area contributed by atoms with Crippen molar-refractivity contribution in [2.24, 2.45) is 0 Å².